The summed E-state index contributed by atoms with van der Waals surface area (Å²) in [4.78, 5) is 2.10. The summed E-state index contributed by atoms with van der Waals surface area (Å²) in [6.07, 6.45) is 8.96. The third-order valence-corrected chi connectivity index (χ3v) is 5.46. The van der Waals surface area contributed by atoms with Crippen molar-refractivity contribution in [3.8, 4) is 0 Å². The zero-order valence-corrected chi connectivity index (χ0v) is 13.1. The maximum Gasteiger partial charge on any atom is 0.295 e. The molecule has 0 radical (unpaired) electrons. The summed E-state index contributed by atoms with van der Waals surface area (Å²) in [7, 11) is 0. The minimum atomic E-state index is -1.16. The number of para-hydroxylation sites is 1. The monoisotopic (exact) mass is 299 g/mol. The van der Waals surface area contributed by atoms with E-state index in [0.717, 1.165) is 50.1 Å². The number of benzene rings is 1. The van der Waals surface area contributed by atoms with E-state index in [2.05, 4.69) is 17.0 Å². The second-order valence-electron chi connectivity index (χ2n) is 6.88. The fourth-order valence-corrected chi connectivity index (χ4v) is 4.28. The number of hydrogen-bond donors (Lipinski definition) is 1. The number of hydrogen-bond acceptors (Lipinski definition) is 3. The minimum absolute atomic E-state index is 0.187. The van der Waals surface area contributed by atoms with Gasteiger partial charge in [-0.25, -0.2) is 0 Å². The van der Waals surface area contributed by atoms with Crippen molar-refractivity contribution in [2.45, 2.75) is 57.3 Å². The molecule has 0 saturated carbocycles. The molecule has 0 aromatic heterocycles. The standard InChI is InChI=1S/C19H25NO2/c21-19-16(14-15-8-4-5-12-18(15)22-19)9-6-7-13-20(19)17-10-2-1-3-11-17/h1-3,10-11,16,21H,4-9,12-14H2/t16-,19-/m0/s1. The van der Waals surface area contributed by atoms with E-state index in [-0.39, 0.29) is 5.92 Å². The van der Waals surface area contributed by atoms with Crippen LogP contribution in [0.15, 0.2) is 41.7 Å². The Labute approximate surface area is 132 Å². The van der Waals surface area contributed by atoms with Gasteiger partial charge in [-0.3, -0.25) is 0 Å². The maximum absolute atomic E-state index is 11.5. The van der Waals surface area contributed by atoms with Crippen LogP contribution < -0.4 is 4.90 Å². The second kappa shape index (κ2) is 5.62. The van der Waals surface area contributed by atoms with Crippen LogP contribution in [0, 0.1) is 5.92 Å². The van der Waals surface area contributed by atoms with Gasteiger partial charge in [-0.15, -0.1) is 0 Å². The summed E-state index contributed by atoms with van der Waals surface area (Å²) in [5, 5.41) is 11.5. The number of allylic oxidation sites excluding steroid dienone is 2. The van der Waals surface area contributed by atoms with Crippen LogP contribution >= 0.6 is 0 Å². The Morgan fingerprint density at radius 3 is 2.73 bits per heavy atom. The van der Waals surface area contributed by atoms with Gasteiger partial charge in [0, 0.05) is 24.6 Å². The molecule has 0 amide bonds. The molecule has 1 fully saturated rings. The summed E-state index contributed by atoms with van der Waals surface area (Å²) in [6.45, 7) is 0.861. The second-order valence-corrected chi connectivity index (χ2v) is 6.88. The molecule has 0 bridgehead atoms. The molecule has 4 rings (SSSR count). The number of fused-ring (bicyclic) bond motifs is 1. The van der Waals surface area contributed by atoms with Gasteiger partial charge in [0.1, 0.15) is 5.76 Å². The van der Waals surface area contributed by atoms with Crippen molar-refractivity contribution in [2.24, 2.45) is 5.92 Å². The summed E-state index contributed by atoms with van der Waals surface area (Å²) in [6, 6.07) is 10.2. The van der Waals surface area contributed by atoms with Crippen molar-refractivity contribution in [2.75, 3.05) is 11.4 Å². The first-order valence-electron chi connectivity index (χ1n) is 8.72. The quantitative estimate of drug-likeness (QED) is 0.844. The highest BCUT2D eigenvalue weighted by Crippen LogP contribution is 2.47. The van der Waals surface area contributed by atoms with E-state index in [9.17, 15) is 5.11 Å². The van der Waals surface area contributed by atoms with Crippen LogP contribution in [0.4, 0.5) is 5.69 Å². The summed E-state index contributed by atoms with van der Waals surface area (Å²) in [5.41, 5.74) is 2.53. The smallest absolute Gasteiger partial charge is 0.295 e. The van der Waals surface area contributed by atoms with Gasteiger partial charge < -0.3 is 14.7 Å². The zero-order chi connectivity index (χ0) is 15.0. The number of anilines is 1. The van der Waals surface area contributed by atoms with E-state index in [1.54, 1.807) is 0 Å². The van der Waals surface area contributed by atoms with Gasteiger partial charge in [0.05, 0.1) is 0 Å². The highest BCUT2D eigenvalue weighted by Gasteiger charge is 2.50. The van der Waals surface area contributed by atoms with E-state index in [1.807, 2.05) is 18.2 Å². The fourth-order valence-electron chi connectivity index (χ4n) is 4.28. The predicted octanol–water partition coefficient (Wildman–Crippen LogP) is 4.19. The molecule has 3 aliphatic rings. The molecule has 2 aliphatic heterocycles. The van der Waals surface area contributed by atoms with Gasteiger partial charge >= 0.3 is 0 Å². The molecule has 3 heteroatoms. The van der Waals surface area contributed by atoms with Crippen molar-refractivity contribution in [3.63, 3.8) is 0 Å². The highest BCUT2D eigenvalue weighted by atomic mass is 16.7. The SMILES string of the molecule is O[C@]12OC3=C(CCCC3)C[C@@H]1CCCCN2c1ccccc1. The highest BCUT2D eigenvalue weighted by molar-refractivity contribution is 5.48. The van der Waals surface area contributed by atoms with Crippen molar-refractivity contribution in [1.82, 2.24) is 0 Å². The van der Waals surface area contributed by atoms with Gasteiger partial charge in [-0.05, 0) is 56.2 Å². The summed E-state index contributed by atoms with van der Waals surface area (Å²) < 4.78 is 6.29. The fraction of sp³-hybridized carbons (Fsp3) is 0.579. The van der Waals surface area contributed by atoms with Crippen LogP contribution in [-0.2, 0) is 4.74 Å². The Bertz CT molecular complexity index is 568. The minimum Gasteiger partial charge on any atom is -0.449 e. The largest absolute Gasteiger partial charge is 0.449 e. The lowest BCUT2D eigenvalue weighted by Crippen LogP contribution is -2.57. The van der Waals surface area contributed by atoms with Gasteiger partial charge in [0.2, 0.25) is 0 Å². The van der Waals surface area contributed by atoms with Gasteiger partial charge in [0.25, 0.3) is 5.91 Å². The van der Waals surface area contributed by atoms with Crippen molar-refractivity contribution >= 4 is 5.69 Å². The first-order valence-corrected chi connectivity index (χ1v) is 8.72. The number of aliphatic hydroxyl groups is 1. The van der Waals surface area contributed by atoms with Crippen LogP contribution in [-0.4, -0.2) is 17.6 Å². The molecule has 1 aliphatic carbocycles. The molecule has 22 heavy (non-hydrogen) atoms. The Hall–Kier alpha value is -1.48. The molecule has 1 N–H and O–H groups in total. The number of ether oxygens (including phenoxy) is 1. The normalized spacial score (nSPS) is 31.9. The maximum atomic E-state index is 11.5. The average Bonchev–Trinajstić information content (AvgIpc) is 2.71. The Balaban J connectivity index is 1.72. The number of nitrogens with zero attached hydrogens (tertiary/aromatic N) is 1. The van der Waals surface area contributed by atoms with Gasteiger partial charge in [-0.1, -0.05) is 24.6 Å². The molecule has 0 unspecified atom stereocenters. The van der Waals surface area contributed by atoms with E-state index in [0.29, 0.717) is 0 Å². The van der Waals surface area contributed by atoms with Gasteiger partial charge in [-0.2, -0.15) is 0 Å². The topological polar surface area (TPSA) is 32.7 Å². The van der Waals surface area contributed by atoms with E-state index >= 15 is 0 Å². The molecule has 1 aromatic rings. The van der Waals surface area contributed by atoms with Crippen LogP contribution in [0.2, 0.25) is 0 Å². The molecule has 3 nitrogen and oxygen atoms in total. The predicted molar refractivity (Wildman–Crippen MR) is 87.3 cm³/mol. The average molecular weight is 299 g/mol. The lowest BCUT2D eigenvalue weighted by atomic mass is 9.83. The molecule has 2 heterocycles. The first kappa shape index (κ1) is 14.1. The Morgan fingerprint density at radius 1 is 1.05 bits per heavy atom. The summed E-state index contributed by atoms with van der Waals surface area (Å²) >= 11 is 0. The molecule has 1 saturated heterocycles. The Morgan fingerprint density at radius 2 is 1.86 bits per heavy atom. The number of rotatable bonds is 1. The van der Waals surface area contributed by atoms with Crippen molar-refractivity contribution < 1.29 is 9.84 Å². The van der Waals surface area contributed by atoms with Crippen molar-refractivity contribution in [3.05, 3.63) is 41.7 Å². The van der Waals surface area contributed by atoms with Crippen LogP contribution in [0.1, 0.15) is 51.4 Å². The lowest BCUT2D eigenvalue weighted by Gasteiger charge is -2.48. The van der Waals surface area contributed by atoms with E-state index in [4.69, 9.17) is 4.74 Å². The Kier molecular flexibility index (Phi) is 3.61. The summed E-state index contributed by atoms with van der Waals surface area (Å²) in [5.74, 6) is 0.105. The van der Waals surface area contributed by atoms with Crippen molar-refractivity contribution in [1.29, 1.82) is 0 Å². The van der Waals surface area contributed by atoms with E-state index < -0.39 is 5.91 Å². The third-order valence-electron chi connectivity index (χ3n) is 5.46. The van der Waals surface area contributed by atoms with Crippen LogP contribution in [0.3, 0.4) is 0 Å². The molecule has 2 atom stereocenters. The lowest BCUT2D eigenvalue weighted by molar-refractivity contribution is -0.224. The molecule has 0 spiro atoms. The first-order chi connectivity index (χ1) is 10.8. The molecular weight excluding hydrogens is 274 g/mol. The van der Waals surface area contributed by atoms with Gasteiger partial charge in [0.15, 0.2) is 0 Å². The van der Waals surface area contributed by atoms with Crippen LogP contribution in [0.25, 0.3) is 0 Å². The molecule has 1 aromatic carbocycles. The third kappa shape index (κ3) is 2.32. The molecule has 118 valence electrons. The molecular formula is C19H25NO2. The van der Waals surface area contributed by atoms with E-state index in [1.165, 1.54) is 24.8 Å². The van der Waals surface area contributed by atoms with Crippen LogP contribution in [0.5, 0.6) is 0 Å². The zero-order valence-electron chi connectivity index (χ0n) is 13.1.